The molecule has 18 nitrogen and oxygen atoms in total. The van der Waals surface area contributed by atoms with E-state index in [9.17, 15) is 28.8 Å². The Hall–Kier alpha value is -9.24. The van der Waals surface area contributed by atoms with Gasteiger partial charge in [0.05, 0.1) is 68.3 Å². The molecule has 0 aliphatic carbocycles. The number of hydrogen-bond donors (Lipinski definition) is 0. The molecule has 0 amide bonds. The summed E-state index contributed by atoms with van der Waals surface area (Å²) < 4.78 is 71.8. The highest BCUT2D eigenvalue weighted by atomic mass is 31.2. The number of carbonyl (C=O) groups is 6. The van der Waals surface area contributed by atoms with E-state index in [4.69, 9.17) is 55.6 Å². The average molecular weight is 1140 g/mol. The molecule has 20 heteroatoms. The molecule has 0 unspecified atom stereocenters. The first-order valence-corrected chi connectivity index (χ1v) is 26.6. The van der Waals surface area contributed by atoms with Crippen LogP contribution in [0.5, 0.6) is 34.5 Å². The summed E-state index contributed by atoms with van der Waals surface area (Å²) in [6, 6.07) is 43.8. The Morgan fingerprint density at radius 2 is 0.593 bits per heavy atom. The van der Waals surface area contributed by atoms with Crippen LogP contribution >= 0.6 is 17.2 Å². The zero-order chi connectivity index (χ0) is 56.7. The van der Waals surface area contributed by atoms with E-state index in [1.165, 1.54) is 42.7 Å². The predicted octanol–water partition coefficient (Wildman–Crippen LogP) is 12.3. The number of hydrogen-bond acceptors (Lipinski definition) is 18. The minimum atomic E-state index is -2.84. The lowest BCUT2D eigenvalue weighted by Gasteiger charge is -2.26. The fourth-order valence-corrected chi connectivity index (χ4v) is 10.6. The number of methoxy groups -OCH3 is 6. The Kier molecular flexibility index (Phi) is 20.6. The van der Waals surface area contributed by atoms with E-state index in [1.807, 2.05) is 0 Å². The molecular weight excluding hydrogens is 1080 g/mol. The summed E-state index contributed by atoms with van der Waals surface area (Å²) in [7, 11) is 1.74. The average Bonchev–Trinajstić information content (AvgIpc) is 3.52. The molecule has 0 radical (unpaired) electrons. The monoisotopic (exact) mass is 1140 g/mol. The smallest absolute Gasteiger partial charge is 0.469 e. The summed E-state index contributed by atoms with van der Waals surface area (Å²) in [5.74, 6) is -3.88. The molecule has 0 saturated heterocycles. The van der Waals surface area contributed by atoms with Crippen molar-refractivity contribution in [2.75, 3.05) is 42.7 Å². The molecule has 0 atom stereocenters. The second-order valence-corrected chi connectivity index (χ2v) is 19.1. The van der Waals surface area contributed by atoms with Crippen molar-refractivity contribution < 1.29 is 84.3 Å². The molecule has 0 heterocycles. The highest BCUT2D eigenvalue weighted by molar-refractivity contribution is 7.43. The maximum atomic E-state index is 14.5. The normalized spacial score (nSPS) is 10.7. The van der Waals surface area contributed by atoms with Crippen LogP contribution in [-0.2, 0) is 73.3 Å². The van der Waals surface area contributed by atoms with Crippen LogP contribution < -0.4 is 27.1 Å². The minimum absolute atomic E-state index is 0. The van der Waals surface area contributed by atoms with Crippen LogP contribution in [-0.4, -0.2) is 78.5 Å². The molecule has 0 fully saturated rings. The zero-order valence-electron chi connectivity index (χ0n) is 44.1. The van der Waals surface area contributed by atoms with Gasteiger partial charge in [0.1, 0.15) is 34.1 Å². The van der Waals surface area contributed by atoms with Crippen molar-refractivity contribution in [1.82, 2.24) is 0 Å². The third-order valence-electron chi connectivity index (χ3n) is 12.2. The van der Waals surface area contributed by atoms with Crippen molar-refractivity contribution in [1.29, 1.82) is 0 Å². The van der Waals surface area contributed by atoms with Crippen molar-refractivity contribution in [3.05, 3.63) is 191 Å². The maximum absolute atomic E-state index is 14.5. The molecular formula is C61H56O18P2. The zero-order valence-corrected chi connectivity index (χ0v) is 45.9. The van der Waals surface area contributed by atoms with Crippen molar-refractivity contribution in [2.45, 2.75) is 33.1 Å². The third-order valence-corrected chi connectivity index (χ3v) is 14.3. The summed E-state index contributed by atoms with van der Waals surface area (Å²) in [4.78, 5) is 80.2. The van der Waals surface area contributed by atoms with Gasteiger partial charge in [-0.1, -0.05) is 129 Å². The second kappa shape index (κ2) is 28.1. The molecule has 0 aliphatic heterocycles. The molecule has 0 bridgehead atoms. The van der Waals surface area contributed by atoms with Gasteiger partial charge >= 0.3 is 53.0 Å². The fraction of sp³-hybridized carbons (Fsp3) is 0.180. The van der Waals surface area contributed by atoms with Gasteiger partial charge in [-0.15, -0.1) is 0 Å². The van der Waals surface area contributed by atoms with Crippen molar-refractivity contribution in [2.24, 2.45) is 0 Å². The van der Waals surface area contributed by atoms with Gasteiger partial charge < -0.3 is 55.6 Å². The van der Waals surface area contributed by atoms with Gasteiger partial charge in [0.15, 0.2) is 11.5 Å². The van der Waals surface area contributed by atoms with Crippen LogP contribution in [0.1, 0.15) is 50.4 Å². The highest BCUT2D eigenvalue weighted by Gasteiger charge is 2.36. The van der Waals surface area contributed by atoms with E-state index >= 15 is 0 Å². The molecule has 8 aromatic rings. The highest BCUT2D eigenvalue weighted by Crippen LogP contribution is 2.56. The molecule has 0 spiro atoms. The number of rotatable bonds is 23. The van der Waals surface area contributed by atoms with Crippen LogP contribution in [0, 0.1) is 0 Å². The van der Waals surface area contributed by atoms with Crippen LogP contribution in [0.15, 0.2) is 158 Å². The Morgan fingerprint density at radius 1 is 0.333 bits per heavy atom. The summed E-state index contributed by atoms with van der Waals surface area (Å²) in [5, 5.41) is 1.87. The van der Waals surface area contributed by atoms with Crippen molar-refractivity contribution >= 4 is 74.6 Å². The summed E-state index contributed by atoms with van der Waals surface area (Å²) in [5.41, 5.74) is 1.52. The van der Waals surface area contributed by atoms with Gasteiger partial charge in [-0.05, 0) is 57.9 Å². The van der Waals surface area contributed by atoms with E-state index in [0.29, 0.717) is 43.8 Å². The van der Waals surface area contributed by atoms with Gasteiger partial charge in [-0.3, -0.25) is 19.2 Å². The first kappa shape index (κ1) is 59.4. The van der Waals surface area contributed by atoms with Gasteiger partial charge in [-0.25, -0.2) is 9.59 Å². The second-order valence-electron chi connectivity index (χ2n) is 17.1. The Labute approximate surface area is 469 Å². The number of ether oxygens (including phenoxy) is 6. The third kappa shape index (κ3) is 14.3. The number of para-hydroxylation sites is 4. The van der Waals surface area contributed by atoms with E-state index in [1.54, 1.807) is 158 Å². The van der Waals surface area contributed by atoms with Crippen LogP contribution in [0.25, 0.3) is 32.7 Å². The molecule has 0 saturated carbocycles. The van der Waals surface area contributed by atoms with Gasteiger partial charge in [0.25, 0.3) is 0 Å². The van der Waals surface area contributed by atoms with Crippen molar-refractivity contribution in [3.63, 3.8) is 0 Å². The molecule has 418 valence electrons. The lowest BCUT2D eigenvalue weighted by atomic mass is 9.89. The minimum Gasteiger partial charge on any atom is -0.469 e. The van der Waals surface area contributed by atoms with Gasteiger partial charge in [0, 0.05) is 33.4 Å². The number of benzene rings is 8. The quantitative estimate of drug-likeness (QED) is 0.0331. The molecule has 0 aliphatic rings. The lowest BCUT2D eigenvalue weighted by Crippen LogP contribution is -2.13. The first-order chi connectivity index (χ1) is 38.9. The number of esters is 6. The molecule has 81 heavy (non-hydrogen) atoms. The lowest BCUT2D eigenvalue weighted by molar-refractivity contribution is -0.140. The Bertz CT molecular complexity index is 3240. The number of carbonyl (C=O) groups excluding carboxylic acids is 6. The summed E-state index contributed by atoms with van der Waals surface area (Å²) in [6.07, 6.45) is -0.874. The van der Waals surface area contributed by atoms with Crippen LogP contribution in [0.2, 0.25) is 0 Å². The SMILES string of the molecule is C.COC(=O)Cc1ccccc1OP(Oc1ccccc1CC(=O)OC)Oc1c(C(=O)OC)cc2ccccc2c1-c1c(OP(Oc2ccccc2CC(=O)OC)Oc2ccccc2CC(=O)OC)c(C(=O)OC)cc2ccccc12. The topological polar surface area (TPSA) is 213 Å². The Balaban J connectivity index is 0.00000946. The maximum Gasteiger partial charge on any atom is 0.530 e. The van der Waals surface area contributed by atoms with E-state index < -0.39 is 53.0 Å². The van der Waals surface area contributed by atoms with E-state index in [0.717, 1.165) is 0 Å². The molecule has 8 aromatic carbocycles. The number of fused-ring (bicyclic) bond motifs is 2. The van der Waals surface area contributed by atoms with Gasteiger partial charge in [0.2, 0.25) is 0 Å². The standard InChI is InChI=1S/C60H52O18P2.CH4/c1-67-51(61)33-39-21-9-15-27-47(39)73-79(74-48-28-16-10-22-40(48)34-52(62)68-2)77-57-45(59(65)71-5)31-37-19-7-13-25-43(37)55(57)56-44-26-14-8-20-38(44)32-46(60(66)72-6)58(56)78-80(75-49-29-17-11-23-41(49)35-53(63)69-3)76-50-30-18-12-24-42(50)36-54(64)70-4;/h7-32H,33-36H2,1-6H3;1H4. The molecule has 8 rings (SSSR count). The summed E-state index contributed by atoms with van der Waals surface area (Å²) in [6.45, 7) is 0. The molecule has 0 aromatic heterocycles. The Morgan fingerprint density at radius 3 is 0.864 bits per heavy atom. The molecule has 0 N–H and O–H groups in total. The predicted molar refractivity (Wildman–Crippen MR) is 303 cm³/mol. The van der Waals surface area contributed by atoms with Gasteiger partial charge in [-0.2, -0.15) is 0 Å². The van der Waals surface area contributed by atoms with Crippen molar-refractivity contribution in [3.8, 4) is 45.6 Å². The first-order valence-electron chi connectivity index (χ1n) is 24.4. The summed E-state index contributed by atoms with van der Waals surface area (Å²) >= 11 is 0. The van der Waals surface area contributed by atoms with Crippen LogP contribution in [0.4, 0.5) is 0 Å². The van der Waals surface area contributed by atoms with E-state index in [-0.39, 0.29) is 89.9 Å². The fourth-order valence-electron chi connectivity index (χ4n) is 8.31. The van der Waals surface area contributed by atoms with Crippen LogP contribution in [0.3, 0.4) is 0 Å². The largest absolute Gasteiger partial charge is 0.530 e. The van der Waals surface area contributed by atoms with E-state index in [2.05, 4.69) is 0 Å².